The number of hydrogen-bond acceptors (Lipinski definition) is 3. The number of carbonyl (C=O) groups excluding carboxylic acids is 1. The fourth-order valence-corrected chi connectivity index (χ4v) is 1.81. The van der Waals surface area contributed by atoms with E-state index in [0.29, 0.717) is 6.61 Å². The van der Waals surface area contributed by atoms with Gasteiger partial charge >= 0.3 is 0 Å². The third-order valence-electron chi connectivity index (χ3n) is 2.48. The van der Waals surface area contributed by atoms with E-state index in [2.05, 4.69) is 0 Å². The monoisotopic (exact) mass is 186 g/mol. The normalized spacial score (nSPS) is 23.2. The van der Waals surface area contributed by atoms with E-state index in [1.165, 1.54) is 6.42 Å². The highest BCUT2D eigenvalue weighted by molar-refractivity contribution is 5.78. The van der Waals surface area contributed by atoms with Crippen molar-refractivity contribution in [2.45, 2.75) is 25.3 Å². The molecule has 1 aliphatic heterocycles. The Labute approximate surface area is 79.0 Å². The van der Waals surface area contributed by atoms with E-state index in [1.807, 2.05) is 4.90 Å². The van der Waals surface area contributed by atoms with Gasteiger partial charge in [-0.2, -0.15) is 0 Å². The quantitative estimate of drug-likeness (QED) is 0.673. The van der Waals surface area contributed by atoms with Crippen LogP contribution in [-0.4, -0.2) is 43.7 Å². The molecule has 0 aromatic rings. The van der Waals surface area contributed by atoms with Crippen molar-refractivity contribution in [1.82, 2.24) is 4.90 Å². The van der Waals surface area contributed by atoms with E-state index < -0.39 is 0 Å². The van der Waals surface area contributed by atoms with Crippen molar-refractivity contribution >= 4 is 5.91 Å². The van der Waals surface area contributed by atoms with Crippen molar-refractivity contribution < 1.29 is 9.53 Å². The van der Waals surface area contributed by atoms with Gasteiger partial charge in [0.05, 0.1) is 19.2 Å². The molecule has 0 aliphatic carbocycles. The maximum Gasteiger partial charge on any atom is 0.236 e. The zero-order chi connectivity index (χ0) is 9.68. The number of carbonyl (C=O) groups is 1. The van der Waals surface area contributed by atoms with Crippen LogP contribution in [0.5, 0.6) is 0 Å². The van der Waals surface area contributed by atoms with Crippen LogP contribution in [0.2, 0.25) is 0 Å². The molecule has 4 nitrogen and oxygen atoms in total. The average Bonchev–Trinajstić information content (AvgIpc) is 2.18. The number of rotatable bonds is 3. The average molecular weight is 186 g/mol. The Kier molecular flexibility index (Phi) is 4.18. The van der Waals surface area contributed by atoms with E-state index in [0.717, 1.165) is 19.4 Å². The molecule has 76 valence electrons. The summed E-state index contributed by atoms with van der Waals surface area (Å²) in [7, 11) is 1.67. The first-order valence-electron chi connectivity index (χ1n) is 4.78. The summed E-state index contributed by atoms with van der Waals surface area (Å²) in [5, 5.41) is 0. The van der Waals surface area contributed by atoms with Gasteiger partial charge in [0.2, 0.25) is 5.91 Å². The number of piperidine rings is 1. The minimum atomic E-state index is 0.0433. The van der Waals surface area contributed by atoms with Crippen molar-refractivity contribution in [2.24, 2.45) is 5.73 Å². The van der Waals surface area contributed by atoms with Gasteiger partial charge in [0.25, 0.3) is 0 Å². The van der Waals surface area contributed by atoms with Crippen molar-refractivity contribution in [2.75, 3.05) is 26.8 Å². The molecule has 13 heavy (non-hydrogen) atoms. The van der Waals surface area contributed by atoms with Gasteiger partial charge in [0, 0.05) is 13.7 Å². The van der Waals surface area contributed by atoms with Gasteiger partial charge in [-0.25, -0.2) is 0 Å². The van der Waals surface area contributed by atoms with Gasteiger partial charge in [-0.05, 0) is 19.3 Å². The molecule has 1 aliphatic rings. The SMILES string of the molecule is COCC1CCCCN1C(=O)CN. The number of likely N-dealkylation sites (tertiary alicyclic amines) is 1. The third kappa shape index (κ3) is 2.67. The number of methoxy groups -OCH3 is 1. The summed E-state index contributed by atoms with van der Waals surface area (Å²) < 4.78 is 5.07. The molecule has 1 unspecified atom stereocenters. The number of nitrogens with zero attached hydrogens (tertiary/aromatic N) is 1. The Hall–Kier alpha value is -0.610. The summed E-state index contributed by atoms with van der Waals surface area (Å²) in [6.45, 7) is 1.58. The molecule has 0 radical (unpaired) electrons. The van der Waals surface area contributed by atoms with E-state index in [9.17, 15) is 4.79 Å². The number of nitrogens with two attached hydrogens (primary N) is 1. The lowest BCUT2D eigenvalue weighted by molar-refractivity contribution is -0.134. The molecule has 1 saturated heterocycles. The molecule has 1 fully saturated rings. The van der Waals surface area contributed by atoms with E-state index in [4.69, 9.17) is 10.5 Å². The van der Waals surface area contributed by atoms with Gasteiger partial charge < -0.3 is 15.4 Å². The van der Waals surface area contributed by atoms with Crippen LogP contribution in [0.25, 0.3) is 0 Å². The molecule has 1 atom stereocenters. The fourth-order valence-electron chi connectivity index (χ4n) is 1.81. The predicted molar refractivity (Wildman–Crippen MR) is 50.3 cm³/mol. The molecule has 1 amide bonds. The number of hydrogen-bond donors (Lipinski definition) is 1. The molecule has 4 heteroatoms. The highest BCUT2D eigenvalue weighted by atomic mass is 16.5. The lowest BCUT2D eigenvalue weighted by Crippen LogP contribution is -2.48. The summed E-state index contributed by atoms with van der Waals surface area (Å²) >= 11 is 0. The van der Waals surface area contributed by atoms with Crippen LogP contribution in [-0.2, 0) is 9.53 Å². The smallest absolute Gasteiger partial charge is 0.236 e. The summed E-state index contributed by atoms with van der Waals surface area (Å²) in [5.41, 5.74) is 5.33. The Morgan fingerprint density at radius 2 is 2.38 bits per heavy atom. The van der Waals surface area contributed by atoms with Gasteiger partial charge in [0.1, 0.15) is 0 Å². The lowest BCUT2D eigenvalue weighted by Gasteiger charge is -2.35. The lowest BCUT2D eigenvalue weighted by atomic mass is 10.0. The summed E-state index contributed by atoms with van der Waals surface area (Å²) in [5.74, 6) is 0.0433. The Balaban J connectivity index is 2.50. The molecule has 0 bridgehead atoms. The molecule has 2 N–H and O–H groups in total. The van der Waals surface area contributed by atoms with Crippen molar-refractivity contribution in [3.8, 4) is 0 Å². The Morgan fingerprint density at radius 1 is 1.62 bits per heavy atom. The van der Waals surface area contributed by atoms with Crippen LogP contribution in [0.1, 0.15) is 19.3 Å². The highest BCUT2D eigenvalue weighted by Crippen LogP contribution is 2.16. The van der Waals surface area contributed by atoms with E-state index in [-0.39, 0.29) is 18.5 Å². The number of ether oxygens (including phenoxy) is 1. The second kappa shape index (κ2) is 5.19. The first-order chi connectivity index (χ1) is 6.29. The van der Waals surface area contributed by atoms with Crippen LogP contribution in [0.4, 0.5) is 0 Å². The van der Waals surface area contributed by atoms with Crippen LogP contribution in [0, 0.1) is 0 Å². The minimum absolute atomic E-state index is 0.0433. The van der Waals surface area contributed by atoms with Crippen LogP contribution < -0.4 is 5.73 Å². The first-order valence-corrected chi connectivity index (χ1v) is 4.78. The van der Waals surface area contributed by atoms with Crippen LogP contribution in [0.15, 0.2) is 0 Å². The van der Waals surface area contributed by atoms with Crippen LogP contribution >= 0.6 is 0 Å². The largest absolute Gasteiger partial charge is 0.383 e. The fraction of sp³-hybridized carbons (Fsp3) is 0.889. The molecule has 0 aromatic carbocycles. The zero-order valence-electron chi connectivity index (χ0n) is 8.16. The van der Waals surface area contributed by atoms with Gasteiger partial charge in [-0.15, -0.1) is 0 Å². The zero-order valence-corrected chi connectivity index (χ0v) is 8.16. The Bertz CT molecular complexity index is 171. The van der Waals surface area contributed by atoms with E-state index >= 15 is 0 Å². The molecule has 0 saturated carbocycles. The molecule has 1 heterocycles. The maximum absolute atomic E-state index is 11.4. The van der Waals surface area contributed by atoms with E-state index in [1.54, 1.807) is 7.11 Å². The third-order valence-corrected chi connectivity index (χ3v) is 2.48. The molecular formula is C9H18N2O2. The summed E-state index contributed by atoms with van der Waals surface area (Å²) in [6, 6.07) is 0.245. The number of amides is 1. The maximum atomic E-state index is 11.4. The van der Waals surface area contributed by atoms with Crippen LogP contribution in [0.3, 0.4) is 0 Å². The standard InChI is InChI=1S/C9H18N2O2/c1-13-7-8-4-2-3-5-11(8)9(12)6-10/h8H,2-7,10H2,1H3. The van der Waals surface area contributed by atoms with Crippen molar-refractivity contribution in [3.63, 3.8) is 0 Å². The Morgan fingerprint density at radius 3 is 3.00 bits per heavy atom. The minimum Gasteiger partial charge on any atom is -0.383 e. The summed E-state index contributed by atoms with van der Waals surface area (Å²) in [6.07, 6.45) is 3.31. The van der Waals surface area contributed by atoms with Gasteiger partial charge in [-0.3, -0.25) is 4.79 Å². The first kappa shape index (κ1) is 10.5. The summed E-state index contributed by atoms with van der Waals surface area (Å²) in [4.78, 5) is 13.3. The van der Waals surface area contributed by atoms with Crippen molar-refractivity contribution in [1.29, 1.82) is 0 Å². The molecular weight excluding hydrogens is 168 g/mol. The van der Waals surface area contributed by atoms with Gasteiger partial charge in [-0.1, -0.05) is 0 Å². The molecule has 0 aromatic heterocycles. The van der Waals surface area contributed by atoms with Gasteiger partial charge in [0.15, 0.2) is 0 Å². The topological polar surface area (TPSA) is 55.6 Å². The second-order valence-corrected chi connectivity index (χ2v) is 3.40. The van der Waals surface area contributed by atoms with Crippen molar-refractivity contribution in [3.05, 3.63) is 0 Å². The predicted octanol–water partition coefficient (Wildman–Crippen LogP) is -0.0274. The molecule has 0 spiro atoms. The highest BCUT2D eigenvalue weighted by Gasteiger charge is 2.25. The molecule has 1 rings (SSSR count). The second-order valence-electron chi connectivity index (χ2n) is 3.40.